The molecule has 0 heterocycles. The molecule has 0 saturated heterocycles. The fraction of sp³-hybridized carbons (Fsp3) is 0.708. The first-order valence-electron chi connectivity index (χ1n) is 11.3. The summed E-state index contributed by atoms with van der Waals surface area (Å²) in [6.07, 6.45) is 11.6. The Morgan fingerprint density at radius 1 is 0.862 bits per heavy atom. The monoisotopic (exact) mass is 408 g/mol. The largest absolute Gasteiger partial charge is 0.423 e. The topological polar surface area (TPSA) is 26.3 Å². The molecular formula is C24H31F3O2. The van der Waals surface area contributed by atoms with E-state index in [-0.39, 0.29) is 11.8 Å². The Kier molecular flexibility index (Phi) is 6.21. The summed E-state index contributed by atoms with van der Waals surface area (Å²) in [6, 6.07) is 1.79. The minimum Gasteiger partial charge on any atom is -0.423 e. The Hall–Kier alpha value is -1.52. The van der Waals surface area contributed by atoms with Gasteiger partial charge < -0.3 is 4.74 Å². The number of hydrogen-bond donors (Lipinski definition) is 0. The van der Waals surface area contributed by atoms with E-state index in [0.29, 0.717) is 5.92 Å². The highest BCUT2D eigenvalue weighted by atomic mass is 19.2. The molecule has 3 saturated carbocycles. The van der Waals surface area contributed by atoms with E-state index in [9.17, 15) is 18.0 Å². The number of ether oxygens (including phenoxy) is 1. The van der Waals surface area contributed by atoms with Crippen LogP contribution in [0.2, 0.25) is 0 Å². The quantitative estimate of drug-likeness (QED) is 0.317. The number of benzene rings is 1. The van der Waals surface area contributed by atoms with Crippen LogP contribution in [0.15, 0.2) is 12.1 Å². The van der Waals surface area contributed by atoms with Gasteiger partial charge in [-0.1, -0.05) is 32.6 Å². The van der Waals surface area contributed by atoms with Crippen LogP contribution in [0.1, 0.15) is 71.1 Å². The van der Waals surface area contributed by atoms with Crippen molar-refractivity contribution in [2.45, 2.75) is 71.1 Å². The van der Waals surface area contributed by atoms with Crippen molar-refractivity contribution < 1.29 is 22.7 Å². The minimum atomic E-state index is -1.60. The molecular weight excluding hydrogens is 377 g/mol. The van der Waals surface area contributed by atoms with Gasteiger partial charge in [0.2, 0.25) is 5.82 Å². The number of rotatable bonds is 3. The van der Waals surface area contributed by atoms with E-state index < -0.39 is 29.2 Å². The van der Waals surface area contributed by atoms with Gasteiger partial charge in [-0.25, -0.2) is 8.78 Å². The molecule has 0 bridgehead atoms. The number of carbonyl (C=O) groups excluding carboxylic acids is 1. The van der Waals surface area contributed by atoms with E-state index in [4.69, 9.17) is 4.74 Å². The average molecular weight is 409 g/mol. The maximum absolute atomic E-state index is 13.9. The second-order valence-electron chi connectivity index (χ2n) is 9.65. The van der Waals surface area contributed by atoms with Gasteiger partial charge >= 0.3 is 5.97 Å². The number of esters is 1. The molecule has 0 amide bonds. The van der Waals surface area contributed by atoms with Crippen LogP contribution in [-0.4, -0.2) is 5.97 Å². The average Bonchev–Trinajstić information content (AvgIpc) is 2.73. The van der Waals surface area contributed by atoms with E-state index in [1.165, 1.54) is 32.1 Å². The first-order chi connectivity index (χ1) is 13.9. The lowest BCUT2D eigenvalue weighted by molar-refractivity contribution is -0.144. The van der Waals surface area contributed by atoms with Crippen LogP contribution < -0.4 is 4.74 Å². The molecule has 2 nitrogen and oxygen atoms in total. The van der Waals surface area contributed by atoms with Gasteiger partial charge in [-0.2, -0.15) is 4.39 Å². The van der Waals surface area contributed by atoms with Gasteiger partial charge in [0.15, 0.2) is 17.4 Å². The molecule has 0 spiro atoms. The van der Waals surface area contributed by atoms with Crippen LogP contribution in [0.3, 0.4) is 0 Å². The number of fused-ring (bicyclic) bond motifs is 1. The Balaban J connectivity index is 1.40. The molecule has 0 aliphatic heterocycles. The number of halogens is 3. The van der Waals surface area contributed by atoms with Crippen LogP contribution in [0.5, 0.6) is 5.75 Å². The maximum Gasteiger partial charge on any atom is 0.314 e. The number of hydrogen-bond acceptors (Lipinski definition) is 2. The van der Waals surface area contributed by atoms with Gasteiger partial charge in [0.25, 0.3) is 0 Å². The molecule has 0 aromatic heterocycles. The molecule has 0 N–H and O–H groups in total. The summed E-state index contributed by atoms with van der Waals surface area (Å²) >= 11 is 0. The van der Waals surface area contributed by atoms with Crippen LogP contribution in [-0.2, 0) is 4.79 Å². The minimum absolute atomic E-state index is 0.267. The summed E-state index contributed by atoms with van der Waals surface area (Å²) in [4.78, 5) is 12.8. The van der Waals surface area contributed by atoms with E-state index in [1.54, 1.807) is 0 Å². The summed E-state index contributed by atoms with van der Waals surface area (Å²) in [7, 11) is 0. The standard InChI is InChI=1S/C24H31F3O2/c1-14-5-7-15(8-6-14)16-9-10-18-17(13-16)3-2-4-19(18)24(28)29-21-12-11-20(25)22(26)23(21)27/h11-12,14-19H,2-10,13H2,1H3. The molecule has 3 aliphatic rings. The molecule has 3 fully saturated rings. The Morgan fingerprint density at radius 2 is 1.59 bits per heavy atom. The lowest BCUT2D eigenvalue weighted by Gasteiger charge is -2.45. The molecule has 160 valence electrons. The van der Waals surface area contributed by atoms with E-state index in [1.807, 2.05) is 0 Å². The third-order valence-corrected chi connectivity index (χ3v) is 7.93. The Bertz CT molecular complexity index is 742. The predicted octanol–water partition coefficient (Wildman–Crippen LogP) is 6.67. The molecule has 4 atom stereocenters. The summed E-state index contributed by atoms with van der Waals surface area (Å²) < 4.78 is 45.7. The van der Waals surface area contributed by atoms with Crippen LogP contribution in [0, 0.1) is 53.0 Å². The smallest absolute Gasteiger partial charge is 0.314 e. The van der Waals surface area contributed by atoms with Crippen molar-refractivity contribution in [3.05, 3.63) is 29.6 Å². The lowest BCUT2D eigenvalue weighted by atomic mass is 9.59. The first kappa shape index (κ1) is 20.7. The zero-order valence-electron chi connectivity index (χ0n) is 17.1. The fourth-order valence-corrected chi connectivity index (χ4v) is 6.25. The van der Waals surface area contributed by atoms with Crippen molar-refractivity contribution in [3.63, 3.8) is 0 Å². The van der Waals surface area contributed by atoms with Gasteiger partial charge in [-0.15, -0.1) is 0 Å². The fourth-order valence-electron chi connectivity index (χ4n) is 6.25. The lowest BCUT2D eigenvalue weighted by Crippen LogP contribution is -2.40. The third kappa shape index (κ3) is 4.34. The van der Waals surface area contributed by atoms with Crippen LogP contribution in [0.4, 0.5) is 13.2 Å². The zero-order valence-corrected chi connectivity index (χ0v) is 17.1. The third-order valence-electron chi connectivity index (χ3n) is 7.93. The van der Waals surface area contributed by atoms with Crippen molar-refractivity contribution in [2.75, 3.05) is 0 Å². The van der Waals surface area contributed by atoms with Crippen molar-refractivity contribution in [1.29, 1.82) is 0 Å². The molecule has 1 aromatic rings. The van der Waals surface area contributed by atoms with E-state index in [0.717, 1.165) is 62.0 Å². The number of carbonyl (C=O) groups is 1. The van der Waals surface area contributed by atoms with Crippen molar-refractivity contribution in [1.82, 2.24) is 0 Å². The van der Waals surface area contributed by atoms with Crippen LogP contribution >= 0.6 is 0 Å². The molecule has 4 unspecified atom stereocenters. The second kappa shape index (κ2) is 8.69. The Morgan fingerprint density at radius 3 is 2.34 bits per heavy atom. The van der Waals surface area contributed by atoms with Crippen molar-refractivity contribution >= 4 is 5.97 Å². The molecule has 0 radical (unpaired) electrons. The van der Waals surface area contributed by atoms with Crippen molar-refractivity contribution in [2.24, 2.45) is 35.5 Å². The van der Waals surface area contributed by atoms with Crippen LogP contribution in [0.25, 0.3) is 0 Å². The summed E-state index contributed by atoms with van der Waals surface area (Å²) in [5.41, 5.74) is 0. The van der Waals surface area contributed by atoms with Gasteiger partial charge in [0.05, 0.1) is 5.92 Å². The van der Waals surface area contributed by atoms with E-state index in [2.05, 4.69) is 6.92 Å². The molecule has 1 aromatic carbocycles. The van der Waals surface area contributed by atoms with Gasteiger partial charge in [-0.05, 0) is 80.2 Å². The van der Waals surface area contributed by atoms with Gasteiger partial charge in [-0.3, -0.25) is 4.79 Å². The summed E-state index contributed by atoms with van der Waals surface area (Å²) in [5, 5.41) is 0. The zero-order chi connectivity index (χ0) is 20.5. The van der Waals surface area contributed by atoms with E-state index >= 15 is 0 Å². The van der Waals surface area contributed by atoms with Gasteiger partial charge in [0, 0.05) is 0 Å². The highest BCUT2D eigenvalue weighted by molar-refractivity contribution is 5.75. The molecule has 29 heavy (non-hydrogen) atoms. The van der Waals surface area contributed by atoms with Gasteiger partial charge in [0.1, 0.15) is 0 Å². The SMILES string of the molecule is CC1CCC(C2CCC3C(CCCC3C(=O)Oc3ccc(F)c(F)c3F)C2)CC1. The summed E-state index contributed by atoms with van der Waals surface area (Å²) in [6.45, 7) is 2.35. The normalized spacial score (nSPS) is 35.0. The maximum atomic E-state index is 13.9. The summed E-state index contributed by atoms with van der Waals surface area (Å²) in [5.74, 6) is -2.34. The highest BCUT2D eigenvalue weighted by Gasteiger charge is 2.43. The van der Waals surface area contributed by atoms with Crippen molar-refractivity contribution in [3.8, 4) is 5.75 Å². The predicted molar refractivity (Wildman–Crippen MR) is 105 cm³/mol. The molecule has 3 aliphatic carbocycles. The second-order valence-corrected chi connectivity index (χ2v) is 9.65. The first-order valence-corrected chi connectivity index (χ1v) is 11.3. The Labute approximate surface area is 171 Å². The molecule has 5 heteroatoms. The highest BCUT2D eigenvalue weighted by Crippen LogP contribution is 2.50. The molecule has 4 rings (SSSR count).